The number of nitrogens with one attached hydrogen (secondary N) is 1. The van der Waals surface area contributed by atoms with Crippen LogP contribution in [0.15, 0.2) is 18.3 Å². The molecule has 1 fully saturated rings. The monoisotopic (exact) mass is 239 g/mol. The lowest BCUT2D eigenvalue weighted by molar-refractivity contribution is 0.418. The maximum atomic E-state index is 9.07. The standard InChI is InChI=1S/C15H17N3/c1-10-13(6-16)5-15(9-18-10)11-2-3-12-7-17-8-14(12)4-11/h2,5,9,12,14,17H,3-4,7-8H2,1H3. The summed E-state index contributed by atoms with van der Waals surface area (Å²) >= 11 is 0. The molecule has 2 aliphatic rings. The van der Waals surface area contributed by atoms with Crippen molar-refractivity contribution in [3.8, 4) is 6.07 Å². The number of hydrogen-bond acceptors (Lipinski definition) is 3. The molecule has 1 aromatic heterocycles. The average Bonchev–Trinajstić information content (AvgIpc) is 2.86. The zero-order valence-corrected chi connectivity index (χ0v) is 10.6. The molecule has 18 heavy (non-hydrogen) atoms. The van der Waals surface area contributed by atoms with Crippen LogP contribution < -0.4 is 5.32 Å². The maximum absolute atomic E-state index is 9.07. The van der Waals surface area contributed by atoms with E-state index in [-0.39, 0.29) is 0 Å². The predicted molar refractivity (Wildman–Crippen MR) is 70.7 cm³/mol. The van der Waals surface area contributed by atoms with Crippen molar-refractivity contribution in [3.63, 3.8) is 0 Å². The molecule has 3 nitrogen and oxygen atoms in total. The summed E-state index contributed by atoms with van der Waals surface area (Å²) in [6.45, 7) is 4.17. The topological polar surface area (TPSA) is 48.7 Å². The van der Waals surface area contributed by atoms with E-state index in [9.17, 15) is 0 Å². The minimum Gasteiger partial charge on any atom is -0.316 e. The van der Waals surface area contributed by atoms with Gasteiger partial charge in [0.1, 0.15) is 6.07 Å². The molecule has 2 unspecified atom stereocenters. The second-order valence-electron chi connectivity index (χ2n) is 5.32. The summed E-state index contributed by atoms with van der Waals surface area (Å²) in [5.41, 5.74) is 4.00. The van der Waals surface area contributed by atoms with Crippen LogP contribution in [-0.4, -0.2) is 18.1 Å². The zero-order chi connectivity index (χ0) is 12.5. The van der Waals surface area contributed by atoms with Crippen LogP contribution in [-0.2, 0) is 0 Å². The molecule has 92 valence electrons. The number of aromatic nitrogens is 1. The van der Waals surface area contributed by atoms with Crippen molar-refractivity contribution < 1.29 is 0 Å². The number of allylic oxidation sites excluding steroid dienone is 2. The van der Waals surface area contributed by atoms with Crippen molar-refractivity contribution in [2.45, 2.75) is 19.8 Å². The van der Waals surface area contributed by atoms with Crippen LogP contribution in [0.2, 0.25) is 0 Å². The fourth-order valence-corrected chi connectivity index (χ4v) is 3.02. The normalized spacial score (nSPS) is 26.3. The van der Waals surface area contributed by atoms with E-state index >= 15 is 0 Å². The molecule has 1 aliphatic carbocycles. The highest BCUT2D eigenvalue weighted by Crippen LogP contribution is 2.36. The molecule has 2 heterocycles. The molecule has 0 amide bonds. The van der Waals surface area contributed by atoms with E-state index in [1.54, 1.807) is 0 Å². The first-order valence-electron chi connectivity index (χ1n) is 6.55. The van der Waals surface area contributed by atoms with Gasteiger partial charge in [-0.05, 0) is 61.9 Å². The predicted octanol–water partition coefficient (Wildman–Crippen LogP) is 2.27. The van der Waals surface area contributed by atoms with Gasteiger partial charge >= 0.3 is 0 Å². The van der Waals surface area contributed by atoms with Gasteiger partial charge in [-0.1, -0.05) is 6.08 Å². The van der Waals surface area contributed by atoms with E-state index in [0.29, 0.717) is 5.56 Å². The average molecular weight is 239 g/mol. The van der Waals surface area contributed by atoms with Gasteiger partial charge < -0.3 is 5.32 Å². The van der Waals surface area contributed by atoms with Gasteiger partial charge in [-0.3, -0.25) is 4.98 Å². The molecule has 0 radical (unpaired) electrons. The van der Waals surface area contributed by atoms with Crippen molar-refractivity contribution in [3.05, 3.63) is 35.2 Å². The molecule has 1 aromatic rings. The molecule has 0 bridgehead atoms. The Morgan fingerprint density at radius 1 is 1.39 bits per heavy atom. The molecule has 1 aliphatic heterocycles. The maximum Gasteiger partial charge on any atom is 0.101 e. The van der Waals surface area contributed by atoms with Gasteiger partial charge in [0.15, 0.2) is 0 Å². The van der Waals surface area contributed by atoms with E-state index in [4.69, 9.17) is 5.26 Å². The number of pyridine rings is 1. The smallest absolute Gasteiger partial charge is 0.101 e. The van der Waals surface area contributed by atoms with Gasteiger partial charge in [-0.15, -0.1) is 0 Å². The lowest BCUT2D eigenvalue weighted by atomic mass is 9.80. The van der Waals surface area contributed by atoms with Gasteiger partial charge in [0.05, 0.1) is 11.3 Å². The van der Waals surface area contributed by atoms with Crippen molar-refractivity contribution in [2.75, 3.05) is 13.1 Å². The molecule has 0 saturated carbocycles. The summed E-state index contributed by atoms with van der Waals surface area (Å²) in [7, 11) is 0. The molecular formula is C15H17N3. The second kappa shape index (κ2) is 4.55. The number of aryl methyl sites for hydroxylation is 1. The lowest BCUT2D eigenvalue weighted by Crippen LogP contribution is -2.16. The van der Waals surface area contributed by atoms with E-state index in [1.807, 2.05) is 19.2 Å². The summed E-state index contributed by atoms with van der Waals surface area (Å²) in [4.78, 5) is 4.33. The van der Waals surface area contributed by atoms with Gasteiger partial charge in [0.2, 0.25) is 0 Å². The summed E-state index contributed by atoms with van der Waals surface area (Å²) in [6, 6.07) is 4.20. The van der Waals surface area contributed by atoms with Gasteiger partial charge in [0, 0.05) is 6.20 Å². The molecule has 1 N–H and O–H groups in total. The van der Waals surface area contributed by atoms with E-state index in [0.717, 1.165) is 49.0 Å². The van der Waals surface area contributed by atoms with Crippen molar-refractivity contribution in [2.24, 2.45) is 11.8 Å². The Balaban J connectivity index is 1.89. The first-order chi connectivity index (χ1) is 8.78. The van der Waals surface area contributed by atoms with Gasteiger partial charge in [-0.25, -0.2) is 0 Å². The van der Waals surface area contributed by atoms with Crippen LogP contribution in [0.25, 0.3) is 5.57 Å². The Hall–Kier alpha value is -1.66. The van der Waals surface area contributed by atoms with Crippen molar-refractivity contribution in [1.29, 1.82) is 5.26 Å². The number of fused-ring (bicyclic) bond motifs is 1. The Kier molecular flexibility index (Phi) is 2.89. The van der Waals surface area contributed by atoms with E-state index in [1.165, 1.54) is 5.57 Å². The molecule has 3 heteroatoms. The van der Waals surface area contributed by atoms with Crippen LogP contribution in [0.4, 0.5) is 0 Å². The highest BCUT2D eigenvalue weighted by molar-refractivity contribution is 5.67. The lowest BCUT2D eigenvalue weighted by Gasteiger charge is -2.24. The van der Waals surface area contributed by atoms with Crippen molar-refractivity contribution in [1.82, 2.24) is 10.3 Å². The quantitative estimate of drug-likeness (QED) is 0.818. The molecule has 0 spiro atoms. The Morgan fingerprint density at radius 2 is 2.22 bits per heavy atom. The van der Waals surface area contributed by atoms with Crippen LogP contribution in [0.5, 0.6) is 0 Å². The van der Waals surface area contributed by atoms with Gasteiger partial charge in [-0.2, -0.15) is 5.26 Å². The fraction of sp³-hybridized carbons (Fsp3) is 0.467. The van der Waals surface area contributed by atoms with E-state index in [2.05, 4.69) is 22.4 Å². The van der Waals surface area contributed by atoms with Crippen LogP contribution in [0.1, 0.15) is 29.7 Å². The third kappa shape index (κ3) is 1.93. The van der Waals surface area contributed by atoms with Crippen LogP contribution >= 0.6 is 0 Å². The van der Waals surface area contributed by atoms with E-state index < -0.39 is 0 Å². The summed E-state index contributed by atoms with van der Waals surface area (Å²) < 4.78 is 0. The van der Waals surface area contributed by atoms with Crippen LogP contribution in [0, 0.1) is 30.1 Å². The molecule has 0 aromatic carbocycles. The zero-order valence-electron chi connectivity index (χ0n) is 10.6. The van der Waals surface area contributed by atoms with Crippen LogP contribution in [0.3, 0.4) is 0 Å². The largest absolute Gasteiger partial charge is 0.316 e. The summed E-state index contributed by atoms with van der Waals surface area (Å²) in [5.74, 6) is 1.57. The number of rotatable bonds is 1. The molecule has 1 saturated heterocycles. The first-order valence-corrected chi connectivity index (χ1v) is 6.55. The minimum absolute atomic E-state index is 0.695. The molecular weight excluding hydrogens is 222 g/mol. The molecule has 3 rings (SSSR count). The third-order valence-electron chi connectivity index (χ3n) is 4.21. The Labute approximate surface area is 108 Å². The number of nitrogens with zero attached hydrogens (tertiary/aromatic N) is 2. The minimum atomic E-state index is 0.695. The Morgan fingerprint density at radius 3 is 3.06 bits per heavy atom. The number of nitriles is 1. The van der Waals surface area contributed by atoms with Gasteiger partial charge in [0.25, 0.3) is 0 Å². The second-order valence-corrected chi connectivity index (χ2v) is 5.32. The summed E-state index contributed by atoms with van der Waals surface area (Å²) in [6.07, 6.45) is 6.52. The van der Waals surface area contributed by atoms with Crippen molar-refractivity contribution >= 4 is 5.57 Å². The fourth-order valence-electron chi connectivity index (χ4n) is 3.02. The third-order valence-corrected chi connectivity index (χ3v) is 4.21. The number of hydrogen-bond donors (Lipinski definition) is 1. The Bertz CT molecular complexity index is 539. The summed E-state index contributed by atoms with van der Waals surface area (Å²) in [5, 5.41) is 12.5. The highest BCUT2D eigenvalue weighted by atomic mass is 14.9. The first kappa shape index (κ1) is 11.4. The highest BCUT2D eigenvalue weighted by Gasteiger charge is 2.30. The SMILES string of the molecule is Cc1ncc(C2=CCC3CNCC3C2)cc1C#N. The molecule has 2 atom stereocenters.